The Morgan fingerprint density at radius 1 is 1.15 bits per heavy atom. The topological polar surface area (TPSA) is 98.2 Å². The molecular weight excluding hydrogens is 342 g/mol. The fourth-order valence-corrected chi connectivity index (χ4v) is 3.02. The lowest BCUT2D eigenvalue weighted by molar-refractivity contribution is 0.0697. The van der Waals surface area contributed by atoms with E-state index in [1.54, 1.807) is 19.2 Å². The maximum Gasteiger partial charge on any atom is 0.335 e. The van der Waals surface area contributed by atoms with Crippen molar-refractivity contribution in [2.24, 2.45) is 7.05 Å². The Morgan fingerprint density at radius 2 is 1.93 bits per heavy atom. The largest absolute Gasteiger partial charge is 0.478 e. The van der Waals surface area contributed by atoms with E-state index in [-0.39, 0.29) is 17.1 Å². The molecule has 0 aliphatic rings. The highest BCUT2D eigenvalue weighted by molar-refractivity contribution is 5.89. The summed E-state index contributed by atoms with van der Waals surface area (Å²) >= 11 is 0. The first-order chi connectivity index (χ1) is 12.8. The first kappa shape index (κ1) is 18.4. The number of carboxylic acid groups (broad SMARTS) is 1. The van der Waals surface area contributed by atoms with Gasteiger partial charge in [-0.1, -0.05) is 30.3 Å². The quantitative estimate of drug-likeness (QED) is 0.726. The Labute approximate surface area is 156 Å². The summed E-state index contributed by atoms with van der Waals surface area (Å²) in [6.45, 7) is 1.90. The molecule has 0 saturated carbocycles. The van der Waals surface area contributed by atoms with Crippen LogP contribution in [0.15, 0.2) is 53.3 Å². The van der Waals surface area contributed by atoms with Crippen molar-refractivity contribution in [2.75, 3.05) is 5.73 Å². The van der Waals surface area contributed by atoms with Gasteiger partial charge in [-0.15, -0.1) is 0 Å². The van der Waals surface area contributed by atoms with Gasteiger partial charge in [-0.3, -0.25) is 9.36 Å². The number of hydrogen-bond acceptors (Lipinski definition) is 4. The van der Waals surface area contributed by atoms with Crippen molar-refractivity contribution in [3.63, 3.8) is 0 Å². The average molecular weight is 363 g/mol. The molecule has 1 aromatic heterocycles. The van der Waals surface area contributed by atoms with E-state index in [2.05, 4.69) is 11.1 Å². The number of hydrogen-bond donors (Lipinski definition) is 2. The lowest BCUT2D eigenvalue weighted by Gasteiger charge is -2.10. The SMILES string of the molecule is Cc1cc(C(=O)O)ccc1-c1cccc(CCc2cc(=O)n(C)c(N)n2)c1. The van der Waals surface area contributed by atoms with E-state index in [0.29, 0.717) is 12.1 Å². The minimum Gasteiger partial charge on any atom is -0.478 e. The van der Waals surface area contributed by atoms with Crippen LogP contribution in [-0.2, 0) is 19.9 Å². The van der Waals surface area contributed by atoms with Gasteiger partial charge in [0.1, 0.15) is 0 Å². The van der Waals surface area contributed by atoms with Gasteiger partial charge in [-0.2, -0.15) is 0 Å². The molecule has 0 atom stereocenters. The molecule has 0 bridgehead atoms. The number of aromatic carboxylic acids is 1. The summed E-state index contributed by atoms with van der Waals surface area (Å²) in [6, 6.07) is 14.7. The van der Waals surface area contributed by atoms with Gasteiger partial charge in [0.15, 0.2) is 0 Å². The zero-order valence-electron chi connectivity index (χ0n) is 15.3. The van der Waals surface area contributed by atoms with Gasteiger partial charge in [0.05, 0.1) is 11.3 Å². The number of carbonyl (C=O) groups is 1. The standard InChI is InChI=1S/C21H21N3O3/c1-13-10-16(20(26)27)7-9-18(13)15-5-3-4-14(11-15)6-8-17-12-19(25)24(2)21(22)23-17/h3-5,7,9-12H,6,8H2,1-2H3,(H2,22,23)(H,26,27). The average Bonchev–Trinajstić information content (AvgIpc) is 2.64. The summed E-state index contributed by atoms with van der Waals surface area (Å²) in [6.07, 6.45) is 1.33. The highest BCUT2D eigenvalue weighted by Gasteiger charge is 2.08. The lowest BCUT2D eigenvalue weighted by atomic mass is 9.96. The molecule has 0 saturated heterocycles. The molecule has 27 heavy (non-hydrogen) atoms. The van der Waals surface area contributed by atoms with Crippen molar-refractivity contribution in [3.05, 3.63) is 81.3 Å². The molecule has 0 aliphatic heterocycles. The Morgan fingerprint density at radius 3 is 2.59 bits per heavy atom. The number of aryl methyl sites for hydroxylation is 3. The number of carboxylic acids is 1. The molecule has 0 unspecified atom stereocenters. The van der Waals surface area contributed by atoms with Crippen molar-refractivity contribution < 1.29 is 9.90 Å². The molecule has 0 amide bonds. The second-order valence-corrected chi connectivity index (χ2v) is 6.54. The molecule has 0 radical (unpaired) electrons. The number of rotatable bonds is 5. The predicted octanol–water partition coefficient (Wildman–Crippen LogP) is 2.82. The van der Waals surface area contributed by atoms with Crippen LogP contribution in [0.25, 0.3) is 11.1 Å². The number of nitrogen functional groups attached to an aromatic ring is 1. The summed E-state index contributed by atoms with van der Waals surface area (Å²) in [4.78, 5) is 27.2. The van der Waals surface area contributed by atoms with Crippen molar-refractivity contribution >= 4 is 11.9 Å². The van der Waals surface area contributed by atoms with Gasteiger partial charge in [0, 0.05) is 13.1 Å². The number of nitrogens with zero attached hydrogens (tertiary/aromatic N) is 2. The molecule has 1 heterocycles. The van der Waals surface area contributed by atoms with Crippen molar-refractivity contribution in [2.45, 2.75) is 19.8 Å². The molecule has 0 fully saturated rings. The minimum absolute atomic E-state index is 0.166. The first-order valence-electron chi connectivity index (χ1n) is 8.61. The molecule has 6 heteroatoms. The van der Waals surface area contributed by atoms with Crippen LogP contribution in [0.1, 0.15) is 27.2 Å². The third kappa shape index (κ3) is 4.06. The zero-order chi connectivity index (χ0) is 19.6. The fourth-order valence-electron chi connectivity index (χ4n) is 3.02. The van der Waals surface area contributed by atoms with Crippen LogP contribution < -0.4 is 11.3 Å². The van der Waals surface area contributed by atoms with Crippen LogP contribution in [0.3, 0.4) is 0 Å². The van der Waals surface area contributed by atoms with E-state index in [1.165, 1.54) is 10.6 Å². The zero-order valence-corrected chi connectivity index (χ0v) is 15.3. The summed E-state index contributed by atoms with van der Waals surface area (Å²) < 4.78 is 1.31. The maximum absolute atomic E-state index is 11.8. The first-order valence-corrected chi connectivity index (χ1v) is 8.61. The molecule has 0 spiro atoms. The van der Waals surface area contributed by atoms with Crippen LogP contribution in [0.4, 0.5) is 5.95 Å². The highest BCUT2D eigenvalue weighted by atomic mass is 16.4. The van der Waals surface area contributed by atoms with E-state index >= 15 is 0 Å². The van der Waals surface area contributed by atoms with Crippen molar-refractivity contribution in [1.29, 1.82) is 0 Å². The van der Waals surface area contributed by atoms with E-state index in [0.717, 1.165) is 28.7 Å². The van der Waals surface area contributed by atoms with E-state index in [4.69, 9.17) is 10.8 Å². The van der Waals surface area contributed by atoms with Crippen LogP contribution >= 0.6 is 0 Å². The summed E-state index contributed by atoms with van der Waals surface area (Å²) in [7, 11) is 1.59. The third-order valence-electron chi connectivity index (χ3n) is 4.60. The van der Waals surface area contributed by atoms with Gasteiger partial charge in [0.25, 0.3) is 5.56 Å². The van der Waals surface area contributed by atoms with Crippen LogP contribution in [-0.4, -0.2) is 20.6 Å². The Bertz CT molecular complexity index is 1070. The summed E-state index contributed by atoms with van der Waals surface area (Å²) in [5.74, 6) is -0.723. The molecule has 3 rings (SSSR count). The fraction of sp³-hybridized carbons (Fsp3) is 0.190. The number of anilines is 1. The molecule has 3 aromatic rings. The van der Waals surface area contributed by atoms with Crippen molar-refractivity contribution in [1.82, 2.24) is 9.55 Å². The van der Waals surface area contributed by atoms with Crippen molar-refractivity contribution in [3.8, 4) is 11.1 Å². The third-order valence-corrected chi connectivity index (χ3v) is 4.60. The predicted molar refractivity (Wildman–Crippen MR) is 105 cm³/mol. The van der Waals surface area contributed by atoms with Gasteiger partial charge < -0.3 is 10.8 Å². The number of aromatic nitrogens is 2. The molecule has 6 nitrogen and oxygen atoms in total. The van der Waals surface area contributed by atoms with Gasteiger partial charge in [-0.05, 0) is 54.2 Å². The summed E-state index contributed by atoms with van der Waals surface area (Å²) in [5, 5.41) is 9.11. The van der Waals surface area contributed by atoms with Gasteiger partial charge in [0.2, 0.25) is 5.95 Å². The molecular formula is C21H21N3O3. The van der Waals surface area contributed by atoms with E-state index in [1.807, 2.05) is 31.2 Å². The molecule has 2 aromatic carbocycles. The van der Waals surface area contributed by atoms with Gasteiger partial charge >= 0.3 is 5.97 Å². The van der Waals surface area contributed by atoms with E-state index in [9.17, 15) is 9.59 Å². The number of nitrogens with two attached hydrogens (primary N) is 1. The van der Waals surface area contributed by atoms with Crippen LogP contribution in [0.2, 0.25) is 0 Å². The second kappa shape index (κ2) is 7.45. The lowest BCUT2D eigenvalue weighted by Crippen LogP contribution is -2.21. The molecule has 3 N–H and O–H groups in total. The Balaban J connectivity index is 1.82. The summed E-state index contributed by atoms with van der Waals surface area (Å²) in [5.41, 5.74) is 10.6. The smallest absolute Gasteiger partial charge is 0.335 e. The number of benzene rings is 2. The maximum atomic E-state index is 11.8. The van der Waals surface area contributed by atoms with E-state index < -0.39 is 5.97 Å². The highest BCUT2D eigenvalue weighted by Crippen LogP contribution is 2.25. The second-order valence-electron chi connectivity index (χ2n) is 6.54. The Hall–Kier alpha value is -3.41. The normalized spacial score (nSPS) is 10.7. The minimum atomic E-state index is -0.931. The van der Waals surface area contributed by atoms with Crippen LogP contribution in [0, 0.1) is 6.92 Å². The van der Waals surface area contributed by atoms with Gasteiger partial charge in [-0.25, -0.2) is 9.78 Å². The molecule has 0 aliphatic carbocycles. The molecule has 138 valence electrons. The monoisotopic (exact) mass is 363 g/mol. The Kier molecular flexibility index (Phi) is 5.07. The van der Waals surface area contributed by atoms with Crippen LogP contribution in [0.5, 0.6) is 0 Å².